The summed E-state index contributed by atoms with van der Waals surface area (Å²) in [6.45, 7) is 2.07. The molecule has 1 aliphatic carbocycles. The van der Waals surface area contributed by atoms with Gasteiger partial charge < -0.3 is 9.47 Å². The van der Waals surface area contributed by atoms with Crippen molar-refractivity contribution >= 4 is 5.97 Å². The third-order valence-corrected chi connectivity index (χ3v) is 2.77. The van der Waals surface area contributed by atoms with Crippen LogP contribution < -0.4 is 0 Å². The number of hydrogen-bond acceptors (Lipinski definition) is 3. The van der Waals surface area contributed by atoms with Crippen molar-refractivity contribution < 1.29 is 14.3 Å². The minimum absolute atomic E-state index is 0.0370. The predicted octanol–water partition coefficient (Wildman–Crippen LogP) is 1.12. The fourth-order valence-electron chi connectivity index (χ4n) is 2.26. The maximum atomic E-state index is 10.7. The van der Waals surface area contributed by atoms with E-state index in [1.165, 1.54) is 13.3 Å². The summed E-state index contributed by atoms with van der Waals surface area (Å²) in [7, 11) is 0. The summed E-state index contributed by atoms with van der Waals surface area (Å²) in [4.78, 5) is 10.7. The molecular formula is C9H14O3. The summed E-state index contributed by atoms with van der Waals surface area (Å²) in [5.74, 6) is 0.296. The van der Waals surface area contributed by atoms with Crippen LogP contribution in [0.3, 0.4) is 0 Å². The van der Waals surface area contributed by atoms with Crippen molar-refractivity contribution in [3.63, 3.8) is 0 Å². The van der Waals surface area contributed by atoms with E-state index in [1.807, 2.05) is 0 Å². The zero-order chi connectivity index (χ0) is 8.55. The van der Waals surface area contributed by atoms with Gasteiger partial charge in [-0.05, 0) is 12.8 Å². The van der Waals surface area contributed by atoms with Gasteiger partial charge in [-0.3, -0.25) is 4.79 Å². The standard InChI is InChI=1S/C9H14O3/c1-6(10)12-9-5-11-8-4-2-3-7(8)9/h7-9H,2-5H2,1H3/t7-,8+,9+/m0/s1. The zero-order valence-corrected chi connectivity index (χ0v) is 7.29. The van der Waals surface area contributed by atoms with Crippen LogP contribution in [-0.2, 0) is 14.3 Å². The fraction of sp³-hybridized carbons (Fsp3) is 0.889. The summed E-state index contributed by atoms with van der Waals surface area (Å²) in [5.41, 5.74) is 0. The molecule has 3 atom stereocenters. The Kier molecular flexibility index (Phi) is 2.05. The summed E-state index contributed by atoms with van der Waals surface area (Å²) < 4.78 is 10.7. The number of esters is 1. The first kappa shape index (κ1) is 8.05. The number of carbonyl (C=O) groups excluding carboxylic acids is 1. The first-order chi connectivity index (χ1) is 5.77. The number of fused-ring (bicyclic) bond motifs is 1. The molecule has 0 spiro atoms. The second kappa shape index (κ2) is 3.05. The van der Waals surface area contributed by atoms with Crippen LogP contribution in [-0.4, -0.2) is 24.8 Å². The van der Waals surface area contributed by atoms with Crippen molar-refractivity contribution in [1.29, 1.82) is 0 Å². The maximum Gasteiger partial charge on any atom is 0.302 e. The van der Waals surface area contributed by atoms with Crippen LogP contribution >= 0.6 is 0 Å². The molecule has 0 aromatic carbocycles. The third kappa shape index (κ3) is 1.33. The summed E-state index contributed by atoms with van der Waals surface area (Å²) >= 11 is 0. The molecular weight excluding hydrogens is 156 g/mol. The Hall–Kier alpha value is -0.570. The van der Waals surface area contributed by atoms with Crippen molar-refractivity contribution in [2.45, 2.75) is 38.4 Å². The van der Waals surface area contributed by atoms with Crippen LogP contribution in [0.15, 0.2) is 0 Å². The van der Waals surface area contributed by atoms with Gasteiger partial charge >= 0.3 is 5.97 Å². The monoisotopic (exact) mass is 170 g/mol. The molecule has 0 radical (unpaired) electrons. The van der Waals surface area contributed by atoms with Gasteiger partial charge in [-0.1, -0.05) is 6.42 Å². The summed E-state index contributed by atoms with van der Waals surface area (Å²) in [5, 5.41) is 0. The van der Waals surface area contributed by atoms with Crippen LogP contribution in [0.25, 0.3) is 0 Å². The van der Waals surface area contributed by atoms with Gasteiger partial charge in [-0.25, -0.2) is 0 Å². The van der Waals surface area contributed by atoms with Gasteiger partial charge in [0.2, 0.25) is 0 Å². The SMILES string of the molecule is CC(=O)O[C@@H]1CO[C@@H]2CCC[C@@H]21. The molecule has 0 bridgehead atoms. The molecule has 1 aliphatic heterocycles. The lowest BCUT2D eigenvalue weighted by Crippen LogP contribution is -2.24. The summed E-state index contributed by atoms with van der Waals surface area (Å²) in [6, 6.07) is 0. The molecule has 3 heteroatoms. The quantitative estimate of drug-likeness (QED) is 0.553. The largest absolute Gasteiger partial charge is 0.460 e. The molecule has 1 heterocycles. The minimum Gasteiger partial charge on any atom is -0.460 e. The van der Waals surface area contributed by atoms with Crippen LogP contribution in [0, 0.1) is 5.92 Å². The zero-order valence-electron chi connectivity index (χ0n) is 7.29. The lowest BCUT2D eigenvalue weighted by molar-refractivity contribution is -0.147. The molecule has 0 unspecified atom stereocenters. The lowest BCUT2D eigenvalue weighted by atomic mass is 10.0. The van der Waals surface area contributed by atoms with E-state index in [4.69, 9.17) is 9.47 Å². The van der Waals surface area contributed by atoms with Gasteiger partial charge in [0.15, 0.2) is 0 Å². The Bertz CT molecular complexity index is 190. The molecule has 12 heavy (non-hydrogen) atoms. The van der Waals surface area contributed by atoms with Gasteiger partial charge in [0.25, 0.3) is 0 Å². The number of hydrogen-bond donors (Lipinski definition) is 0. The molecule has 2 fully saturated rings. The van der Waals surface area contributed by atoms with E-state index in [2.05, 4.69) is 0 Å². The highest BCUT2D eigenvalue weighted by Crippen LogP contribution is 2.37. The smallest absolute Gasteiger partial charge is 0.302 e. The molecule has 1 saturated carbocycles. The average molecular weight is 170 g/mol. The van der Waals surface area contributed by atoms with Gasteiger partial charge in [0.05, 0.1) is 12.7 Å². The highest BCUT2D eigenvalue weighted by atomic mass is 16.6. The second-order valence-corrected chi connectivity index (χ2v) is 3.61. The molecule has 2 aliphatic rings. The predicted molar refractivity (Wildman–Crippen MR) is 42.6 cm³/mol. The van der Waals surface area contributed by atoms with Crippen molar-refractivity contribution in [2.75, 3.05) is 6.61 Å². The van der Waals surface area contributed by atoms with Crippen molar-refractivity contribution in [3.05, 3.63) is 0 Å². The summed E-state index contributed by atoms with van der Waals surface area (Å²) in [6.07, 6.45) is 3.92. The molecule has 0 N–H and O–H groups in total. The lowest BCUT2D eigenvalue weighted by Gasteiger charge is -2.15. The Morgan fingerprint density at radius 2 is 2.33 bits per heavy atom. The van der Waals surface area contributed by atoms with E-state index in [0.29, 0.717) is 18.6 Å². The number of rotatable bonds is 1. The van der Waals surface area contributed by atoms with E-state index < -0.39 is 0 Å². The highest BCUT2D eigenvalue weighted by molar-refractivity contribution is 5.66. The van der Waals surface area contributed by atoms with Crippen molar-refractivity contribution in [1.82, 2.24) is 0 Å². The first-order valence-corrected chi connectivity index (χ1v) is 4.56. The Morgan fingerprint density at radius 1 is 1.50 bits per heavy atom. The van der Waals surface area contributed by atoms with Gasteiger partial charge in [0.1, 0.15) is 6.10 Å². The minimum atomic E-state index is -0.184. The van der Waals surface area contributed by atoms with Crippen LogP contribution in [0.4, 0.5) is 0 Å². The fourth-order valence-corrected chi connectivity index (χ4v) is 2.26. The van der Waals surface area contributed by atoms with Gasteiger partial charge in [0, 0.05) is 12.8 Å². The van der Waals surface area contributed by atoms with Crippen molar-refractivity contribution in [3.8, 4) is 0 Å². The molecule has 2 rings (SSSR count). The number of carbonyl (C=O) groups is 1. The van der Waals surface area contributed by atoms with Crippen LogP contribution in [0.1, 0.15) is 26.2 Å². The molecule has 0 aromatic rings. The molecule has 0 amide bonds. The topological polar surface area (TPSA) is 35.5 Å². The van der Waals surface area contributed by atoms with Crippen LogP contribution in [0.2, 0.25) is 0 Å². The Labute approximate surface area is 72.0 Å². The molecule has 68 valence electrons. The highest BCUT2D eigenvalue weighted by Gasteiger charge is 2.41. The molecule has 0 aromatic heterocycles. The van der Waals surface area contributed by atoms with E-state index in [0.717, 1.165) is 12.8 Å². The Balaban J connectivity index is 1.95. The average Bonchev–Trinajstić information content (AvgIpc) is 2.52. The normalized spacial score (nSPS) is 39.6. The number of ether oxygens (including phenoxy) is 2. The van der Waals surface area contributed by atoms with E-state index in [-0.39, 0.29) is 12.1 Å². The second-order valence-electron chi connectivity index (χ2n) is 3.61. The van der Waals surface area contributed by atoms with Gasteiger partial charge in [-0.2, -0.15) is 0 Å². The Morgan fingerprint density at radius 3 is 3.08 bits per heavy atom. The molecule has 1 saturated heterocycles. The first-order valence-electron chi connectivity index (χ1n) is 4.56. The van der Waals surface area contributed by atoms with E-state index >= 15 is 0 Å². The van der Waals surface area contributed by atoms with Gasteiger partial charge in [-0.15, -0.1) is 0 Å². The van der Waals surface area contributed by atoms with Crippen molar-refractivity contribution in [2.24, 2.45) is 5.92 Å². The molecule has 3 nitrogen and oxygen atoms in total. The van der Waals surface area contributed by atoms with E-state index in [1.54, 1.807) is 0 Å². The maximum absolute atomic E-state index is 10.7. The third-order valence-electron chi connectivity index (χ3n) is 2.77. The van der Waals surface area contributed by atoms with E-state index in [9.17, 15) is 4.79 Å². The van der Waals surface area contributed by atoms with Crippen LogP contribution in [0.5, 0.6) is 0 Å².